The summed E-state index contributed by atoms with van der Waals surface area (Å²) in [5.74, 6) is -0.602. The van der Waals surface area contributed by atoms with Crippen molar-refractivity contribution in [1.29, 1.82) is 0 Å². The summed E-state index contributed by atoms with van der Waals surface area (Å²) in [5.41, 5.74) is 2.42. The van der Waals surface area contributed by atoms with Gasteiger partial charge in [0.1, 0.15) is 5.82 Å². The van der Waals surface area contributed by atoms with Gasteiger partial charge in [-0.25, -0.2) is 4.39 Å². The number of carbonyl (C=O) groups is 2. The van der Waals surface area contributed by atoms with Crippen LogP contribution in [0.2, 0.25) is 0 Å². The first-order valence-electron chi connectivity index (χ1n) is 10.9. The quantitative estimate of drug-likeness (QED) is 0.631. The molecule has 4 rings (SSSR count). The summed E-state index contributed by atoms with van der Waals surface area (Å²) in [7, 11) is 1.57. The monoisotopic (exact) mass is 447 g/mol. The lowest BCUT2D eigenvalue weighted by Crippen LogP contribution is -2.61. The Labute approximate surface area is 192 Å². The van der Waals surface area contributed by atoms with Crippen molar-refractivity contribution < 1.29 is 18.7 Å². The number of hydrogen-bond donors (Lipinski definition) is 1. The van der Waals surface area contributed by atoms with E-state index in [0.717, 1.165) is 22.3 Å². The molecule has 1 aromatic heterocycles. The number of rotatable bonds is 6. The van der Waals surface area contributed by atoms with Gasteiger partial charge in [0.2, 0.25) is 5.91 Å². The number of amides is 2. The maximum absolute atomic E-state index is 13.2. The molecule has 2 aromatic carbocycles. The zero-order valence-electron chi connectivity index (χ0n) is 18.5. The van der Waals surface area contributed by atoms with Gasteiger partial charge in [0.05, 0.1) is 19.6 Å². The predicted molar refractivity (Wildman–Crippen MR) is 123 cm³/mol. The van der Waals surface area contributed by atoms with Crippen molar-refractivity contribution >= 4 is 11.8 Å². The van der Waals surface area contributed by atoms with Crippen molar-refractivity contribution in [3.63, 3.8) is 0 Å². The number of nitrogens with one attached hydrogen (secondary N) is 1. The molecule has 33 heavy (non-hydrogen) atoms. The van der Waals surface area contributed by atoms with Crippen LogP contribution in [0.5, 0.6) is 0 Å². The molecule has 3 aromatic rings. The molecule has 1 N–H and O–H groups in total. The summed E-state index contributed by atoms with van der Waals surface area (Å²) in [6, 6.07) is 17.7. The van der Waals surface area contributed by atoms with E-state index in [4.69, 9.17) is 4.74 Å². The van der Waals surface area contributed by atoms with Crippen LogP contribution in [0.15, 0.2) is 73.1 Å². The molecule has 0 saturated carbocycles. The van der Waals surface area contributed by atoms with Gasteiger partial charge >= 0.3 is 0 Å². The highest BCUT2D eigenvalue weighted by atomic mass is 19.1. The number of pyridine rings is 1. The average Bonchev–Trinajstić information content (AvgIpc) is 2.85. The number of ether oxygens (including phenoxy) is 1. The molecule has 2 amide bonds. The third-order valence-electron chi connectivity index (χ3n) is 5.88. The first-order valence-corrected chi connectivity index (χ1v) is 10.9. The number of aromatic nitrogens is 1. The maximum atomic E-state index is 13.2. The molecular formula is C26H26FN3O3. The molecule has 6 nitrogen and oxygen atoms in total. The smallest absolute Gasteiger partial charge is 0.254 e. The summed E-state index contributed by atoms with van der Waals surface area (Å²) in [4.78, 5) is 31.6. The zero-order valence-corrected chi connectivity index (χ0v) is 18.5. The lowest BCUT2D eigenvalue weighted by Gasteiger charge is -2.41. The van der Waals surface area contributed by atoms with Gasteiger partial charge in [0.15, 0.2) is 5.60 Å². The van der Waals surface area contributed by atoms with Crippen molar-refractivity contribution in [2.45, 2.75) is 18.4 Å². The summed E-state index contributed by atoms with van der Waals surface area (Å²) in [5, 5.41) is 2.70. The third kappa shape index (κ3) is 5.26. The van der Waals surface area contributed by atoms with Crippen LogP contribution in [-0.2, 0) is 27.2 Å². The van der Waals surface area contributed by atoms with E-state index in [0.29, 0.717) is 13.0 Å². The molecular weight excluding hydrogens is 421 g/mol. The van der Waals surface area contributed by atoms with E-state index in [9.17, 15) is 14.0 Å². The minimum absolute atomic E-state index is 0.0637. The number of benzene rings is 2. The first-order chi connectivity index (χ1) is 16.0. The fraction of sp³-hybridized carbons (Fsp3) is 0.269. The Balaban J connectivity index is 1.51. The number of carbonyl (C=O) groups excluding carboxylic acids is 2. The molecule has 2 heterocycles. The minimum atomic E-state index is -1.17. The van der Waals surface area contributed by atoms with E-state index in [1.165, 1.54) is 12.1 Å². The average molecular weight is 448 g/mol. The van der Waals surface area contributed by atoms with E-state index in [1.54, 1.807) is 42.5 Å². The Morgan fingerprint density at radius 1 is 1.06 bits per heavy atom. The lowest BCUT2D eigenvalue weighted by atomic mass is 9.90. The maximum Gasteiger partial charge on any atom is 0.254 e. The van der Waals surface area contributed by atoms with Gasteiger partial charge in [-0.15, -0.1) is 0 Å². The van der Waals surface area contributed by atoms with Crippen LogP contribution in [0, 0.1) is 5.82 Å². The van der Waals surface area contributed by atoms with Crippen LogP contribution in [0.4, 0.5) is 4.39 Å². The highest BCUT2D eigenvalue weighted by Crippen LogP contribution is 2.27. The molecule has 170 valence electrons. The summed E-state index contributed by atoms with van der Waals surface area (Å²) in [6.07, 6.45) is 3.89. The van der Waals surface area contributed by atoms with Crippen molar-refractivity contribution in [3.8, 4) is 11.1 Å². The molecule has 1 unspecified atom stereocenters. The largest absolute Gasteiger partial charge is 0.361 e. The Morgan fingerprint density at radius 3 is 2.39 bits per heavy atom. The highest BCUT2D eigenvalue weighted by molar-refractivity contribution is 5.87. The van der Waals surface area contributed by atoms with E-state index in [-0.39, 0.29) is 37.2 Å². The summed E-state index contributed by atoms with van der Waals surface area (Å²) in [6.45, 7) is 0.882. The van der Waals surface area contributed by atoms with Gasteiger partial charge < -0.3 is 15.0 Å². The second-order valence-electron chi connectivity index (χ2n) is 8.16. The zero-order chi connectivity index (χ0) is 23.3. The number of likely N-dealkylation sites (N-methyl/N-ethyl adjacent to an activating group) is 1. The Hall–Kier alpha value is -3.58. The van der Waals surface area contributed by atoms with Crippen molar-refractivity contribution in [2.75, 3.05) is 26.7 Å². The normalized spacial score (nSPS) is 18.1. The molecule has 1 aliphatic heterocycles. The van der Waals surface area contributed by atoms with E-state index in [2.05, 4.69) is 10.3 Å². The molecule has 0 spiro atoms. The van der Waals surface area contributed by atoms with Crippen molar-refractivity contribution in [1.82, 2.24) is 15.2 Å². The predicted octanol–water partition coefficient (Wildman–Crippen LogP) is 3.02. The molecule has 0 bridgehead atoms. The van der Waals surface area contributed by atoms with Gasteiger partial charge in [-0.05, 0) is 40.5 Å². The molecule has 1 atom stereocenters. The first kappa shape index (κ1) is 22.6. The van der Waals surface area contributed by atoms with Gasteiger partial charge in [-0.3, -0.25) is 14.6 Å². The highest BCUT2D eigenvalue weighted by Gasteiger charge is 2.44. The molecule has 0 aliphatic carbocycles. The number of halogens is 1. The van der Waals surface area contributed by atoms with Gasteiger partial charge in [0, 0.05) is 32.4 Å². The molecule has 0 radical (unpaired) electrons. The molecule has 7 heteroatoms. The Kier molecular flexibility index (Phi) is 6.79. The van der Waals surface area contributed by atoms with Crippen LogP contribution in [-0.4, -0.2) is 54.0 Å². The topological polar surface area (TPSA) is 71.5 Å². The number of hydrogen-bond acceptors (Lipinski definition) is 4. The second-order valence-corrected chi connectivity index (χ2v) is 8.16. The third-order valence-corrected chi connectivity index (χ3v) is 5.88. The van der Waals surface area contributed by atoms with E-state index in [1.807, 2.05) is 30.3 Å². The minimum Gasteiger partial charge on any atom is -0.361 e. The molecule has 1 aliphatic rings. The van der Waals surface area contributed by atoms with Crippen molar-refractivity contribution in [2.24, 2.45) is 0 Å². The van der Waals surface area contributed by atoms with Crippen LogP contribution in [0.25, 0.3) is 11.1 Å². The van der Waals surface area contributed by atoms with Crippen molar-refractivity contribution in [3.05, 3.63) is 90.0 Å². The van der Waals surface area contributed by atoms with Gasteiger partial charge in [0.25, 0.3) is 5.91 Å². The summed E-state index contributed by atoms with van der Waals surface area (Å²) >= 11 is 0. The summed E-state index contributed by atoms with van der Waals surface area (Å²) < 4.78 is 19.2. The van der Waals surface area contributed by atoms with Crippen LogP contribution < -0.4 is 5.32 Å². The van der Waals surface area contributed by atoms with Gasteiger partial charge in [-0.1, -0.05) is 42.5 Å². The fourth-order valence-electron chi connectivity index (χ4n) is 4.13. The number of morpholine rings is 1. The number of nitrogens with zero attached hydrogens (tertiary/aromatic N) is 2. The van der Waals surface area contributed by atoms with E-state index >= 15 is 0 Å². The van der Waals surface area contributed by atoms with E-state index < -0.39 is 5.60 Å². The van der Waals surface area contributed by atoms with Crippen LogP contribution in [0.1, 0.15) is 11.1 Å². The molecule has 1 fully saturated rings. The van der Waals surface area contributed by atoms with Gasteiger partial charge in [-0.2, -0.15) is 0 Å². The van der Waals surface area contributed by atoms with Crippen LogP contribution >= 0.6 is 0 Å². The lowest BCUT2D eigenvalue weighted by molar-refractivity contribution is -0.165. The second kappa shape index (κ2) is 9.92. The Morgan fingerprint density at radius 2 is 1.76 bits per heavy atom. The van der Waals surface area contributed by atoms with Crippen LogP contribution in [0.3, 0.4) is 0 Å². The standard InChI is InChI=1S/C26H26FN3O3/c1-28-25(32)26(16-19-4-6-21(7-5-19)22-8-10-23(27)11-9-22)18-30(13-14-33-26)24(31)15-20-3-2-12-29-17-20/h2-12,17H,13-16,18H2,1H3,(H,28,32). The molecule has 1 saturated heterocycles. The Bertz CT molecular complexity index is 1100. The fourth-order valence-corrected chi connectivity index (χ4v) is 4.13. The SMILES string of the molecule is CNC(=O)C1(Cc2ccc(-c3ccc(F)cc3)cc2)CN(C(=O)Cc2cccnc2)CCO1.